The minimum absolute atomic E-state index is 0.115. The summed E-state index contributed by atoms with van der Waals surface area (Å²) in [4.78, 5) is 4.09. The highest BCUT2D eigenvalue weighted by molar-refractivity contribution is 7.92. The lowest BCUT2D eigenvalue weighted by Crippen LogP contribution is -1.86. The molecule has 2 nitrogen and oxygen atoms in total. The van der Waals surface area contributed by atoms with Gasteiger partial charge in [-0.15, -0.1) is 3.89 Å². The largest absolute Gasteiger partial charge is 0.247 e. The summed E-state index contributed by atoms with van der Waals surface area (Å²) < 4.78 is 13.7. The van der Waals surface area contributed by atoms with E-state index >= 15 is 0 Å². The topological polar surface area (TPSA) is 17.8 Å². The second kappa shape index (κ2) is 3.20. The van der Waals surface area contributed by atoms with E-state index in [9.17, 15) is 3.89 Å². The molecule has 0 aliphatic rings. The van der Waals surface area contributed by atoms with Gasteiger partial charge >= 0.3 is 0 Å². The molecule has 68 valence electrons. The zero-order valence-corrected chi connectivity index (χ0v) is 8.36. The van der Waals surface area contributed by atoms with Gasteiger partial charge in [0.15, 0.2) is 18.0 Å². The smallest absolute Gasteiger partial charge is 0.171 e. The molecular formula is C8H6ClFN2S. The van der Waals surface area contributed by atoms with Crippen molar-refractivity contribution in [2.45, 2.75) is 6.92 Å². The van der Waals surface area contributed by atoms with E-state index in [1.54, 1.807) is 18.5 Å². The first kappa shape index (κ1) is 8.84. The van der Waals surface area contributed by atoms with Crippen LogP contribution in [-0.2, 0) is 0 Å². The van der Waals surface area contributed by atoms with E-state index in [2.05, 4.69) is 4.98 Å². The fraction of sp³-hybridized carbons (Fsp3) is 0.125. The average Bonchev–Trinajstić information content (AvgIpc) is 2.55. The van der Waals surface area contributed by atoms with Crippen LogP contribution in [0, 0.1) is 6.92 Å². The molecule has 0 radical (unpaired) electrons. The number of hydrogen-bond donors (Lipinski definition) is 0. The van der Waals surface area contributed by atoms with Crippen LogP contribution in [0.5, 0.6) is 0 Å². The van der Waals surface area contributed by atoms with E-state index in [4.69, 9.17) is 11.6 Å². The zero-order valence-electron chi connectivity index (χ0n) is 6.79. The molecule has 2 rings (SSSR count). The molecule has 0 bridgehead atoms. The van der Waals surface area contributed by atoms with Crippen molar-refractivity contribution in [3.05, 3.63) is 29.0 Å². The first-order valence-electron chi connectivity index (χ1n) is 3.65. The predicted molar refractivity (Wildman–Crippen MR) is 53.6 cm³/mol. The Morgan fingerprint density at radius 1 is 1.62 bits per heavy atom. The molecule has 0 N–H and O–H groups in total. The summed E-state index contributed by atoms with van der Waals surface area (Å²) in [5.74, 6) is 0. The summed E-state index contributed by atoms with van der Waals surface area (Å²) in [5, 5.41) is 1.42. The van der Waals surface area contributed by atoms with E-state index in [1.807, 2.05) is 6.92 Å². The Morgan fingerprint density at radius 2 is 2.38 bits per heavy atom. The number of fused-ring (bicyclic) bond motifs is 1. The summed E-state index contributed by atoms with van der Waals surface area (Å²) >= 11 is 6.13. The lowest BCUT2D eigenvalue weighted by molar-refractivity contribution is 0.919. The van der Waals surface area contributed by atoms with Gasteiger partial charge in [0.1, 0.15) is 0 Å². The van der Waals surface area contributed by atoms with Gasteiger partial charge in [-0.1, -0.05) is 11.6 Å². The summed E-state index contributed by atoms with van der Waals surface area (Å²) in [6.07, 6.45) is 3.24. The van der Waals surface area contributed by atoms with Crippen molar-refractivity contribution in [3.63, 3.8) is 0 Å². The Bertz CT molecular complexity index is 455. The van der Waals surface area contributed by atoms with Crippen LogP contribution in [-0.4, -0.2) is 8.96 Å². The summed E-state index contributed by atoms with van der Waals surface area (Å²) in [6, 6.07) is 1.75. The van der Waals surface area contributed by atoms with E-state index in [0.717, 1.165) is 10.9 Å². The molecule has 0 spiro atoms. The normalized spacial score (nSPS) is 11.0. The molecule has 0 saturated heterocycles. The van der Waals surface area contributed by atoms with Gasteiger partial charge in [0, 0.05) is 17.8 Å². The molecule has 0 aliphatic heterocycles. The molecule has 0 atom stereocenters. The average molecular weight is 217 g/mol. The van der Waals surface area contributed by atoms with E-state index in [1.165, 1.54) is 3.97 Å². The highest BCUT2D eigenvalue weighted by atomic mass is 35.5. The molecule has 0 aromatic carbocycles. The van der Waals surface area contributed by atoms with Crippen molar-refractivity contribution < 1.29 is 3.89 Å². The Labute approximate surface area is 84.1 Å². The van der Waals surface area contributed by atoms with Crippen LogP contribution in [0.25, 0.3) is 11.0 Å². The minimum Gasteiger partial charge on any atom is -0.247 e. The third-order valence-corrected chi connectivity index (χ3v) is 2.81. The number of pyridine rings is 1. The molecule has 0 fully saturated rings. The van der Waals surface area contributed by atoms with Gasteiger partial charge in [-0.05, 0) is 18.6 Å². The molecule has 0 saturated carbocycles. The Balaban J connectivity index is 2.81. The predicted octanol–water partition coefficient (Wildman–Crippen LogP) is 3.38. The Kier molecular flexibility index (Phi) is 2.17. The van der Waals surface area contributed by atoms with Crippen LogP contribution in [0.4, 0.5) is 3.89 Å². The van der Waals surface area contributed by atoms with Crippen molar-refractivity contribution in [1.82, 2.24) is 8.96 Å². The van der Waals surface area contributed by atoms with Crippen LogP contribution in [0.1, 0.15) is 5.56 Å². The van der Waals surface area contributed by atoms with Crippen LogP contribution in [0.15, 0.2) is 18.5 Å². The Morgan fingerprint density at radius 3 is 3.08 bits per heavy atom. The summed E-state index contributed by atoms with van der Waals surface area (Å²) in [5.41, 5.74) is 1.46. The number of hydrogen-bond acceptors (Lipinski definition) is 2. The zero-order chi connectivity index (χ0) is 9.42. The highest BCUT2D eigenvalue weighted by Crippen LogP contribution is 2.28. The van der Waals surface area contributed by atoms with Crippen LogP contribution in [0.2, 0.25) is 5.02 Å². The first-order chi connectivity index (χ1) is 6.24. The SMILES string of the molecule is Cc1cnc2c(ccn2SF)c1Cl. The molecule has 0 aliphatic carbocycles. The third kappa shape index (κ3) is 1.30. The van der Waals surface area contributed by atoms with Gasteiger partial charge in [0.05, 0.1) is 5.02 Å². The third-order valence-electron chi connectivity index (χ3n) is 1.86. The second-order valence-corrected chi connectivity index (χ2v) is 3.61. The van der Waals surface area contributed by atoms with Gasteiger partial charge in [0.25, 0.3) is 0 Å². The van der Waals surface area contributed by atoms with E-state index < -0.39 is 0 Å². The maximum Gasteiger partial charge on any atom is 0.171 e. The molecule has 2 heterocycles. The second-order valence-electron chi connectivity index (χ2n) is 2.70. The van der Waals surface area contributed by atoms with Gasteiger partial charge in [0.2, 0.25) is 0 Å². The minimum atomic E-state index is 0.115. The van der Waals surface area contributed by atoms with E-state index in [0.29, 0.717) is 10.7 Å². The first-order valence-corrected chi connectivity index (χ1v) is 4.70. The van der Waals surface area contributed by atoms with Gasteiger partial charge in [-0.3, -0.25) is 0 Å². The van der Waals surface area contributed by atoms with Gasteiger partial charge in [-0.2, -0.15) is 0 Å². The van der Waals surface area contributed by atoms with Gasteiger partial charge in [-0.25, -0.2) is 8.96 Å². The van der Waals surface area contributed by atoms with Crippen molar-refractivity contribution in [1.29, 1.82) is 0 Å². The standard InChI is InChI=1S/C8H6ClFN2S/c1-5-4-11-8-6(7(5)9)2-3-12(8)13-10/h2-4H,1H3. The number of aromatic nitrogens is 2. The lowest BCUT2D eigenvalue weighted by Gasteiger charge is -1.99. The van der Waals surface area contributed by atoms with Crippen LogP contribution in [0.3, 0.4) is 0 Å². The lowest BCUT2D eigenvalue weighted by atomic mass is 10.2. The van der Waals surface area contributed by atoms with Crippen molar-refractivity contribution in [2.75, 3.05) is 0 Å². The summed E-state index contributed by atoms with van der Waals surface area (Å²) in [7, 11) is 0. The number of rotatable bonds is 1. The van der Waals surface area contributed by atoms with Crippen molar-refractivity contribution in [3.8, 4) is 0 Å². The van der Waals surface area contributed by atoms with Gasteiger partial charge < -0.3 is 0 Å². The highest BCUT2D eigenvalue weighted by Gasteiger charge is 2.07. The molecule has 5 heteroatoms. The fourth-order valence-electron chi connectivity index (χ4n) is 1.19. The molecule has 0 amide bonds. The van der Waals surface area contributed by atoms with Crippen molar-refractivity contribution >= 4 is 35.0 Å². The fourth-order valence-corrected chi connectivity index (χ4v) is 1.70. The number of aryl methyl sites for hydroxylation is 1. The maximum atomic E-state index is 12.3. The molecule has 13 heavy (non-hydrogen) atoms. The number of nitrogens with zero attached hydrogens (tertiary/aromatic N) is 2. The molecule has 2 aromatic rings. The molecule has 2 aromatic heterocycles. The Hall–Kier alpha value is -0.740. The van der Waals surface area contributed by atoms with Crippen molar-refractivity contribution in [2.24, 2.45) is 0 Å². The summed E-state index contributed by atoms with van der Waals surface area (Å²) in [6.45, 7) is 1.87. The van der Waals surface area contributed by atoms with Crippen LogP contribution >= 0.6 is 23.9 Å². The van der Waals surface area contributed by atoms with Crippen LogP contribution < -0.4 is 0 Å². The maximum absolute atomic E-state index is 12.3. The van der Waals surface area contributed by atoms with E-state index in [-0.39, 0.29) is 12.3 Å². The monoisotopic (exact) mass is 216 g/mol. The number of halogens is 2. The molecule has 0 unspecified atom stereocenters. The molecular weight excluding hydrogens is 211 g/mol. The quantitative estimate of drug-likeness (QED) is 0.727.